The Bertz CT molecular complexity index is 1320. The number of benzene rings is 3. The van der Waals surface area contributed by atoms with Crippen molar-refractivity contribution in [2.24, 2.45) is 0 Å². The second-order valence-electron chi connectivity index (χ2n) is 10.2. The zero-order valence-electron chi connectivity index (χ0n) is 23.0. The molecule has 0 fully saturated rings. The molecule has 6 heteroatoms. The van der Waals surface area contributed by atoms with Gasteiger partial charge in [0, 0.05) is 18.2 Å². The van der Waals surface area contributed by atoms with Gasteiger partial charge in [0.15, 0.2) is 6.04 Å². The van der Waals surface area contributed by atoms with E-state index in [0.29, 0.717) is 18.7 Å². The Morgan fingerprint density at radius 3 is 2.13 bits per heavy atom. The summed E-state index contributed by atoms with van der Waals surface area (Å²) >= 11 is 0. The van der Waals surface area contributed by atoms with Gasteiger partial charge < -0.3 is 9.47 Å². The fraction of sp³-hybridized carbons (Fsp3) is 0.273. The molecule has 0 saturated carbocycles. The van der Waals surface area contributed by atoms with Crippen molar-refractivity contribution in [3.63, 3.8) is 0 Å². The van der Waals surface area contributed by atoms with Crippen LogP contribution in [0.5, 0.6) is 5.75 Å². The van der Waals surface area contributed by atoms with Crippen molar-refractivity contribution in [2.45, 2.75) is 52.4 Å². The summed E-state index contributed by atoms with van der Waals surface area (Å²) < 4.78 is 11.4. The zero-order valence-corrected chi connectivity index (χ0v) is 23.0. The first-order valence-electron chi connectivity index (χ1n) is 13.2. The van der Waals surface area contributed by atoms with E-state index in [0.717, 1.165) is 28.1 Å². The number of hydrogen-bond donors (Lipinski definition) is 0. The molecule has 0 aliphatic rings. The van der Waals surface area contributed by atoms with Gasteiger partial charge in [-0.05, 0) is 75.2 Å². The van der Waals surface area contributed by atoms with Crippen molar-refractivity contribution in [2.75, 3.05) is 11.7 Å². The SMILES string of the molecule is CCOC(=O)C(Cc1ccccc1)N(OC(C)(C)C)c1ccnc(-c2ccc(OCc3ccccc3)cc2)c1. The molecular weight excluding hydrogens is 488 g/mol. The Labute approximate surface area is 231 Å². The van der Waals surface area contributed by atoms with Crippen molar-refractivity contribution in [3.8, 4) is 17.0 Å². The number of hydroxylamine groups is 1. The first kappa shape index (κ1) is 27.9. The van der Waals surface area contributed by atoms with Crippen LogP contribution in [-0.2, 0) is 27.4 Å². The van der Waals surface area contributed by atoms with E-state index in [4.69, 9.17) is 14.3 Å². The second-order valence-corrected chi connectivity index (χ2v) is 10.2. The summed E-state index contributed by atoms with van der Waals surface area (Å²) in [4.78, 5) is 24.2. The highest BCUT2D eigenvalue weighted by Gasteiger charge is 2.32. The van der Waals surface area contributed by atoms with Gasteiger partial charge in [-0.2, -0.15) is 0 Å². The molecule has 1 atom stereocenters. The molecule has 4 aromatic rings. The van der Waals surface area contributed by atoms with Crippen LogP contribution in [-0.4, -0.2) is 29.2 Å². The van der Waals surface area contributed by atoms with Crippen molar-refractivity contribution in [1.82, 2.24) is 4.98 Å². The van der Waals surface area contributed by atoms with E-state index in [2.05, 4.69) is 4.98 Å². The Morgan fingerprint density at radius 1 is 0.872 bits per heavy atom. The highest BCUT2D eigenvalue weighted by molar-refractivity contribution is 5.80. The van der Waals surface area contributed by atoms with E-state index in [9.17, 15) is 4.79 Å². The molecule has 0 radical (unpaired) electrons. The minimum Gasteiger partial charge on any atom is -0.489 e. The maximum atomic E-state index is 13.2. The van der Waals surface area contributed by atoms with Gasteiger partial charge in [0.25, 0.3) is 0 Å². The quantitative estimate of drug-likeness (QED) is 0.155. The van der Waals surface area contributed by atoms with Crippen LogP contribution in [0.15, 0.2) is 103 Å². The normalized spacial score (nSPS) is 12.0. The molecule has 0 bridgehead atoms. The monoisotopic (exact) mass is 524 g/mol. The summed E-state index contributed by atoms with van der Waals surface area (Å²) in [5.41, 5.74) is 3.97. The van der Waals surface area contributed by atoms with Crippen LogP contribution in [0.4, 0.5) is 5.69 Å². The first-order valence-corrected chi connectivity index (χ1v) is 13.2. The number of aromatic nitrogens is 1. The van der Waals surface area contributed by atoms with Gasteiger partial charge in [-0.25, -0.2) is 9.86 Å². The summed E-state index contributed by atoms with van der Waals surface area (Å²) in [6.45, 7) is 8.48. The van der Waals surface area contributed by atoms with Gasteiger partial charge in [0.05, 0.1) is 23.6 Å². The lowest BCUT2D eigenvalue weighted by Gasteiger charge is -2.36. The molecule has 6 nitrogen and oxygen atoms in total. The number of hydrogen-bond acceptors (Lipinski definition) is 6. The van der Waals surface area contributed by atoms with Gasteiger partial charge in [0.2, 0.25) is 0 Å². The average molecular weight is 525 g/mol. The van der Waals surface area contributed by atoms with Crippen LogP contribution in [0.1, 0.15) is 38.8 Å². The molecule has 0 N–H and O–H groups in total. The van der Waals surface area contributed by atoms with Crippen molar-refractivity contribution in [1.29, 1.82) is 0 Å². The van der Waals surface area contributed by atoms with Gasteiger partial charge in [-0.3, -0.25) is 9.82 Å². The summed E-state index contributed by atoms with van der Waals surface area (Å²) in [7, 11) is 0. The van der Waals surface area contributed by atoms with E-state index in [1.807, 2.05) is 125 Å². The van der Waals surface area contributed by atoms with E-state index in [-0.39, 0.29) is 12.6 Å². The maximum absolute atomic E-state index is 13.2. The van der Waals surface area contributed by atoms with Crippen LogP contribution in [0.3, 0.4) is 0 Å². The van der Waals surface area contributed by atoms with Crippen molar-refractivity contribution in [3.05, 3.63) is 114 Å². The van der Waals surface area contributed by atoms with Crippen LogP contribution in [0.25, 0.3) is 11.3 Å². The molecule has 202 valence electrons. The predicted octanol–water partition coefficient (Wildman–Crippen LogP) is 7.04. The predicted molar refractivity (Wildman–Crippen MR) is 154 cm³/mol. The van der Waals surface area contributed by atoms with Crippen LogP contribution >= 0.6 is 0 Å². The third kappa shape index (κ3) is 8.16. The molecule has 3 aromatic carbocycles. The van der Waals surface area contributed by atoms with Gasteiger partial charge >= 0.3 is 5.97 Å². The number of nitrogens with zero attached hydrogens (tertiary/aromatic N) is 2. The van der Waals surface area contributed by atoms with E-state index in [1.165, 1.54) is 0 Å². The highest BCUT2D eigenvalue weighted by atomic mass is 16.7. The van der Waals surface area contributed by atoms with Gasteiger partial charge in [-0.1, -0.05) is 60.7 Å². The third-order valence-electron chi connectivity index (χ3n) is 5.88. The number of carbonyl (C=O) groups is 1. The Kier molecular flexibility index (Phi) is 9.34. The Hall–Kier alpha value is -4.16. The molecular formula is C33H36N2O4. The lowest BCUT2D eigenvalue weighted by molar-refractivity contribution is -0.149. The smallest absolute Gasteiger partial charge is 0.331 e. The van der Waals surface area contributed by atoms with Crippen LogP contribution in [0.2, 0.25) is 0 Å². The molecule has 0 amide bonds. The fourth-order valence-electron chi connectivity index (χ4n) is 4.11. The number of rotatable bonds is 11. The summed E-state index contributed by atoms with van der Waals surface area (Å²) in [5.74, 6) is 0.436. The molecule has 1 heterocycles. The second kappa shape index (κ2) is 13.1. The number of pyridine rings is 1. The van der Waals surface area contributed by atoms with Crippen molar-refractivity contribution < 1.29 is 19.1 Å². The Balaban J connectivity index is 1.61. The molecule has 4 rings (SSSR count). The van der Waals surface area contributed by atoms with E-state index < -0.39 is 11.6 Å². The minimum atomic E-state index is -0.685. The van der Waals surface area contributed by atoms with E-state index >= 15 is 0 Å². The molecule has 0 aliphatic carbocycles. The topological polar surface area (TPSA) is 60.9 Å². The molecule has 0 saturated heterocycles. The molecule has 39 heavy (non-hydrogen) atoms. The largest absolute Gasteiger partial charge is 0.489 e. The fourth-order valence-corrected chi connectivity index (χ4v) is 4.11. The number of ether oxygens (including phenoxy) is 2. The average Bonchev–Trinajstić information content (AvgIpc) is 2.95. The molecule has 0 spiro atoms. The lowest BCUT2D eigenvalue weighted by atomic mass is 10.0. The highest BCUT2D eigenvalue weighted by Crippen LogP contribution is 2.29. The summed E-state index contributed by atoms with van der Waals surface area (Å²) in [5, 5.41) is 1.67. The third-order valence-corrected chi connectivity index (χ3v) is 5.88. The zero-order chi connectivity index (χ0) is 27.7. The maximum Gasteiger partial charge on any atom is 0.331 e. The molecule has 1 aromatic heterocycles. The number of anilines is 1. The van der Waals surface area contributed by atoms with Crippen molar-refractivity contribution >= 4 is 11.7 Å². The lowest BCUT2D eigenvalue weighted by Crippen LogP contribution is -2.47. The van der Waals surface area contributed by atoms with E-state index in [1.54, 1.807) is 11.3 Å². The standard InChI is InChI=1S/C33H36N2O4/c1-5-37-32(36)31(22-25-12-8-6-9-13-25)35(39-33(2,3)4)28-20-21-34-30(23-28)27-16-18-29(19-17-27)38-24-26-14-10-7-11-15-26/h6-21,23,31H,5,22,24H2,1-4H3. The van der Waals surface area contributed by atoms with Crippen LogP contribution in [0, 0.1) is 0 Å². The number of esters is 1. The van der Waals surface area contributed by atoms with Gasteiger partial charge in [0.1, 0.15) is 12.4 Å². The van der Waals surface area contributed by atoms with Crippen LogP contribution < -0.4 is 9.80 Å². The van der Waals surface area contributed by atoms with Gasteiger partial charge in [-0.15, -0.1) is 0 Å². The summed E-state index contributed by atoms with van der Waals surface area (Å²) in [6, 6.07) is 30.9. The number of carbonyl (C=O) groups excluding carboxylic acids is 1. The Morgan fingerprint density at radius 2 is 1.51 bits per heavy atom. The molecule has 1 unspecified atom stereocenters. The summed E-state index contributed by atoms with van der Waals surface area (Å²) in [6.07, 6.45) is 2.16. The first-order chi connectivity index (χ1) is 18.8. The minimum absolute atomic E-state index is 0.285. The molecule has 0 aliphatic heterocycles.